The zero-order valence-corrected chi connectivity index (χ0v) is 12.3. The summed E-state index contributed by atoms with van der Waals surface area (Å²) in [7, 11) is -3.70. The number of nitrogens with zero attached hydrogens (tertiary/aromatic N) is 1. The lowest BCUT2D eigenvalue weighted by Gasteiger charge is -2.43. The van der Waals surface area contributed by atoms with Gasteiger partial charge in [-0.2, -0.15) is 4.31 Å². The molecule has 3 rings (SSSR count). The third kappa shape index (κ3) is 2.37. The summed E-state index contributed by atoms with van der Waals surface area (Å²) in [5.74, 6) is -0.190. The van der Waals surface area contributed by atoms with Crippen LogP contribution in [0.5, 0.6) is 0 Å². The van der Waals surface area contributed by atoms with Gasteiger partial charge in [-0.25, -0.2) is 12.8 Å². The van der Waals surface area contributed by atoms with Crippen LogP contribution in [0.3, 0.4) is 0 Å². The molecule has 1 heterocycles. The number of hydrogen-bond donors (Lipinski definition) is 0. The molecule has 2 aliphatic rings. The molecule has 0 aromatic heterocycles. The van der Waals surface area contributed by atoms with E-state index < -0.39 is 15.8 Å². The molecule has 110 valence electrons. The standard InChI is InChI=1S/C15H20FNO2S/c16-13-8-2-4-10-15(13)20(18,19)17-11-5-7-12-6-1-3-9-14(12)17/h2,4,8,10,12,14H,1,3,5-7,9,11H2/t12-,14-/m0/s1. The molecule has 0 N–H and O–H groups in total. The Morgan fingerprint density at radius 3 is 2.55 bits per heavy atom. The maximum atomic E-state index is 13.9. The summed E-state index contributed by atoms with van der Waals surface area (Å²) >= 11 is 0. The van der Waals surface area contributed by atoms with Crippen molar-refractivity contribution in [3.05, 3.63) is 30.1 Å². The third-order valence-corrected chi connectivity index (χ3v) is 6.57. The largest absolute Gasteiger partial charge is 0.246 e. The van der Waals surface area contributed by atoms with Gasteiger partial charge in [0.15, 0.2) is 0 Å². The average Bonchev–Trinajstić information content (AvgIpc) is 2.47. The minimum absolute atomic E-state index is 0.0714. The maximum Gasteiger partial charge on any atom is 0.246 e. The highest BCUT2D eigenvalue weighted by molar-refractivity contribution is 7.89. The van der Waals surface area contributed by atoms with E-state index in [0.29, 0.717) is 12.5 Å². The summed E-state index contributed by atoms with van der Waals surface area (Å²) in [6.45, 7) is 0.526. The Morgan fingerprint density at radius 2 is 1.75 bits per heavy atom. The predicted octanol–water partition coefficient (Wildman–Crippen LogP) is 3.17. The SMILES string of the molecule is O=S(=O)(c1ccccc1F)N1CCC[C@@H]2CCCC[C@@H]21. The Labute approximate surface area is 119 Å². The molecule has 1 aromatic rings. The molecule has 0 bridgehead atoms. The van der Waals surface area contributed by atoms with E-state index >= 15 is 0 Å². The van der Waals surface area contributed by atoms with Gasteiger partial charge in [0, 0.05) is 12.6 Å². The second-order valence-electron chi connectivity index (χ2n) is 5.80. The van der Waals surface area contributed by atoms with Crippen LogP contribution in [0.15, 0.2) is 29.2 Å². The van der Waals surface area contributed by atoms with Gasteiger partial charge in [-0.15, -0.1) is 0 Å². The van der Waals surface area contributed by atoms with Crippen molar-refractivity contribution in [2.75, 3.05) is 6.54 Å². The van der Waals surface area contributed by atoms with Gasteiger partial charge in [-0.3, -0.25) is 0 Å². The molecule has 1 aromatic carbocycles. The van der Waals surface area contributed by atoms with E-state index in [1.54, 1.807) is 10.4 Å². The predicted molar refractivity (Wildman–Crippen MR) is 75.3 cm³/mol. The number of piperidine rings is 1. The first kappa shape index (κ1) is 14.0. The van der Waals surface area contributed by atoms with Crippen LogP contribution in [-0.2, 0) is 10.0 Å². The number of halogens is 1. The van der Waals surface area contributed by atoms with Crippen molar-refractivity contribution in [1.82, 2.24) is 4.31 Å². The molecule has 1 saturated carbocycles. The Morgan fingerprint density at radius 1 is 1.05 bits per heavy atom. The van der Waals surface area contributed by atoms with E-state index in [1.165, 1.54) is 24.6 Å². The van der Waals surface area contributed by atoms with Crippen LogP contribution in [0.4, 0.5) is 4.39 Å². The van der Waals surface area contributed by atoms with Gasteiger partial charge in [-0.05, 0) is 43.7 Å². The molecule has 3 nitrogen and oxygen atoms in total. The lowest BCUT2D eigenvalue weighted by molar-refractivity contribution is 0.129. The molecule has 2 fully saturated rings. The van der Waals surface area contributed by atoms with Gasteiger partial charge < -0.3 is 0 Å². The monoisotopic (exact) mass is 297 g/mol. The minimum Gasteiger partial charge on any atom is -0.207 e. The molecule has 1 aliphatic carbocycles. The van der Waals surface area contributed by atoms with Crippen LogP contribution in [0.25, 0.3) is 0 Å². The fourth-order valence-electron chi connectivity index (χ4n) is 3.66. The molecule has 5 heteroatoms. The molecule has 20 heavy (non-hydrogen) atoms. The fourth-order valence-corrected chi connectivity index (χ4v) is 5.48. The fraction of sp³-hybridized carbons (Fsp3) is 0.600. The van der Waals surface area contributed by atoms with E-state index in [2.05, 4.69) is 0 Å². The van der Waals surface area contributed by atoms with E-state index in [4.69, 9.17) is 0 Å². The zero-order chi connectivity index (χ0) is 14.2. The van der Waals surface area contributed by atoms with Gasteiger partial charge in [0.05, 0.1) is 0 Å². The van der Waals surface area contributed by atoms with Crippen LogP contribution in [0, 0.1) is 11.7 Å². The molecule has 0 unspecified atom stereocenters. The molecule has 0 amide bonds. The number of fused-ring (bicyclic) bond motifs is 1. The van der Waals surface area contributed by atoms with Crippen LogP contribution >= 0.6 is 0 Å². The van der Waals surface area contributed by atoms with Crippen molar-refractivity contribution in [3.8, 4) is 0 Å². The second kappa shape index (κ2) is 5.45. The first-order valence-electron chi connectivity index (χ1n) is 7.37. The molecular weight excluding hydrogens is 277 g/mol. The van der Waals surface area contributed by atoms with Gasteiger partial charge in [0.25, 0.3) is 0 Å². The van der Waals surface area contributed by atoms with E-state index in [1.807, 2.05) is 0 Å². The first-order chi connectivity index (χ1) is 9.60. The molecular formula is C15H20FNO2S. The summed E-state index contributed by atoms with van der Waals surface area (Å²) in [4.78, 5) is -0.175. The van der Waals surface area contributed by atoms with Crippen LogP contribution < -0.4 is 0 Å². The summed E-state index contributed by atoms with van der Waals surface area (Å²) in [6, 6.07) is 5.76. The highest BCUT2D eigenvalue weighted by atomic mass is 32.2. The highest BCUT2D eigenvalue weighted by Gasteiger charge is 2.40. The Bertz CT molecular complexity index is 585. The van der Waals surface area contributed by atoms with Crippen molar-refractivity contribution >= 4 is 10.0 Å². The van der Waals surface area contributed by atoms with Crippen molar-refractivity contribution in [3.63, 3.8) is 0 Å². The Hall–Kier alpha value is -0.940. The van der Waals surface area contributed by atoms with Crippen LogP contribution in [0.2, 0.25) is 0 Å². The van der Waals surface area contributed by atoms with Crippen molar-refractivity contribution in [1.29, 1.82) is 0 Å². The summed E-state index contributed by atoms with van der Waals surface area (Å²) in [5.41, 5.74) is 0. The second-order valence-corrected chi connectivity index (χ2v) is 7.66. The van der Waals surface area contributed by atoms with Gasteiger partial charge in [-0.1, -0.05) is 25.0 Å². The maximum absolute atomic E-state index is 13.9. The van der Waals surface area contributed by atoms with Crippen molar-refractivity contribution < 1.29 is 12.8 Å². The van der Waals surface area contributed by atoms with Crippen LogP contribution in [-0.4, -0.2) is 25.3 Å². The minimum atomic E-state index is -3.70. The van der Waals surface area contributed by atoms with Crippen LogP contribution in [0.1, 0.15) is 38.5 Å². The van der Waals surface area contributed by atoms with Crippen molar-refractivity contribution in [2.24, 2.45) is 5.92 Å². The normalized spacial score (nSPS) is 28.1. The Balaban J connectivity index is 1.96. The summed E-state index contributed by atoms with van der Waals surface area (Å²) < 4.78 is 40.9. The lowest BCUT2D eigenvalue weighted by Crippen LogP contribution is -2.49. The van der Waals surface area contributed by atoms with Crippen molar-refractivity contribution in [2.45, 2.75) is 49.5 Å². The van der Waals surface area contributed by atoms with E-state index in [9.17, 15) is 12.8 Å². The lowest BCUT2D eigenvalue weighted by atomic mass is 9.79. The van der Waals surface area contributed by atoms with Gasteiger partial charge in [0.1, 0.15) is 10.7 Å². The molecule has 1 saturated heterocycles. The molecule has 1 aliphatic heterocycles. The number of hydrogen-bond acceptors (Lipinski definition) is 2. The van der Waals surface area contributed by atoms with Gasteiger partial charge >= 0.3 is 0 Å². The average molecular weight is 297 g/mol. The van der Waals surface area contributed by atoms with E-state index in [-0.39, 0.29) is 10.9 Å². The topological polar surface area (TPSA) is 37.4 Å². The highest BCUT2D eigenvalue weighted by Crippen LogP contribution is 2.38. The van der Waals surface area contributed by atoms with Gasteiger partial charge in [0.2, 0.25) is 10.0 Å². The zero-order valence-electron chi connectivity index (χ0n) is 11.5. The van der Waals surface area contributed by atoms with E-state index in [0.717, 1.165) is 32.1 Å². The number of rotatable bonds is 2. The number of sulfonamides is 1. The number of benzene rings is 1. The molecule has 0 spiro atoms. The molecule has 0 radical (unpaired) electrons. The molecule has 2 atom stereocenters. The Kier molecular flexibility index (Phi) is 3.82. The summed E-state index contributed by atoms with van der Waals surface area (Å²) in [6.07, 6.45) is 6.27. The quantitative estimate of drug-likeness (QED) is 0.841. The smallest absolute Gasteiger partial charge is 0.207 e. The first-order valence-corrected chi connectivity index (χ1v) is 8.81. The summed E-state index contributed by atoms with van der Waals surface area (Å²) in [5, 5.41) is 0. The third-order valence-electron chi connectivity index (χ3n) is 4.62.